The monoisotopic (exact) mass is 228 g/mol. The van der Waals surface area contributed by atoms with Crippen LogP contribution in [-0.4, -0.2) is 11.9 Å². The van der Waals surface area contributed by atoms with Gasteiger partial charge in [0, 0.05) is 5.33 Å². The number of rotatable bonds is 3. The lowest BCUT2D eigenvalue weighted by Crippen LogP contribution is -1.97. The van der Waals surface area contributed by atoms with Crippen molar-refractivity contribution in [1.29, 1.82) is 0 Å². The van der Waals surface area contributed by atoms with E-state index in [1.54, 1.807) is 0 Å². The van der Waals surface area contributed by atoms with Gasteiger partial charge in [-0.2, -0.15) is 0 Å². The van der Waals surface area contributed by atoms with Gasteiger partial charge in [-0.15, -0.1) is 0 Å². The van der Waals surface area contributed by atoms with Crippen molar-refractivity contribution in [2.45, 2.75) is 13.8 Å². The van der Waals surface area contributed by atoms with Crippen molar-refractivity contribution >= 4 is 15.9 Å². The van der Waals surface area contributed by atoms with Crippen LogP contribution in [0, 0.1) is 13.8 Å². The van der Waals surface area contributed by atoms with Gasteiger partial charge < -0.3 is 4.74 Å². The van der Waals surface area contributed by atoms with E-state index in [9.17, 15) is 0 Å². The first-order valence-electron chi connectivity index (χ1n) is 4.00. The smallest absolute Gasteiger partial charge is 0.119 e. The van der Waals surface area contributed by atoms with E-state index >= 15 is 0 Å². The Morgan fingerprint density at radius 1 is 1.25 bits per heavy atom. The highest BCUT2D eigenvalue weighted by molar-refractivity contribution is 9.09. The molecule has 2 heteroatoms. The zero-order chi connectivity index (χ0) is 8.97. The number of hydrogen-bond acceptors (Lipinski definition) is 1. The summed E-state index contributed by atoms with van der Waals surface area (Å²) in [5.41, 5.74) is 2.59. The molecule has 0 heterocycles. The summed E-state index contributed by atoms with van der Waals surface area (Å²) in [4.78, 5) is 0. The maximum atomic E-state index is 5.44. The minimum Gasteiger partial charge on any atom is -0.493 e. The molecule has 0 aliphatic rings. The van der Waals surface area contributed by atoms with E-state index in [1.165, 1.54) is 11.1 Å². The molecule has 0 amide bonds. The van der Waals surface area contributed by atoms with E-state index in [1.807, 2.05) is 6.07 Å². The van der Waals surface area contributed by atoms with Crippen LogP contribution in [-0.2, 0) is 0 Å². The minimum atomic E-state index is 0.725. The third-order valence-electron chi connectivity index (χ3n) is 1.82. The van der Waals surface area contributed by atoms with Gasteiger partial charge in [0.25, 0.3) is 0 Å². The average molecular weight is 229 g/mol. The Morgan fingerprint density at radius 3 is 2.58 bits per heavy atom. The summed E-state index contributed by atoms with van der Waals surface area (Å²) in [7, 11) is 0. The van der Waals surface area contributed by atoms with Gasteiger partial charge in [-0.1, -0.05) is 22.0 Å². The van der Waals surface area contributed by atoms with Gasteiger partial charge in [0.05, 0.1) is 6.61 Å². The van der Waals surface area contributed by atoms with Crippen LogP contribution in [0.2, 0.25) is 0 Å². The molecule has 0 saturated carbocycles. The second-order valence-electron chi connectivity index (χ2n) is 2.78. The molecular formula is C10H13BrO. The fourth-order valence-corrected chi connectivity index (χ4v) is 1.12. The molecule has 1 aromatic carbocycles. The van der Waals surface area contributed by atoms with Crippen LogP contribution in [0.1, 0.15) is 11.1 Å². The lowest BCUT2D eigenvalue weighted by Gasteiger charge is -2.06. The van der Waals surface area contributed by atoms with E-state index in [-0.39, 0.29) is 0 Å². The molecular weight excluding hydrogens is 216 g/mol. The van der Waals surface area contributed by atoms with Crippen molar-refractivity contribution in [2.24, 2.45) is 0 Å². The van der Waals surface area contributed by atoms with Gasteiger partial charge in [-0.25, -0.2) is 0 Å². The van der Waals surface area contributed by atoms with Gasteiger partial charge in [0.2, 0.25) is 0 Å². The lowest BCUT2D eigenvalue weighted by molar-refractivity contribution is 0.345. The van der Waals surface area contributed by atoms with Gasteiger partial charge in [-0.3, -0.25) is 0 Å². The summed E-state index contributed by atoms with van der Waals surface area (Å²) in [5, 5.41) is 0.875. The third kappa shape index (κ3) is 2.52. The molecule has 0 aliphatic carbocycles. The minimum absolute atomic E-state index is 0.725. The molecule has 1 nitrogen and oxygen atoms in total. The summed E-state index contributed by atoms with van der Waals surface area (Å²) >= 11 is 3.31. The fourth-order valence-electron chi connectivity index (χ4n) is 0.960. The van der Waals surface area contributed by atoms with Crippen molar-refractivity contribution < 1.29 is 4.74 Å². The number of aryl methyl sites for hydroxylation is 2. The Kier molecular flexibility index (Phi) is 3.60. The zero-order valence-electron chi connectivity index (χ0n) is 7.43. The van der Waals surface area contributed by atoms with Crippen LogP contribution in [0.25, 0.3) is 0 Å². The van der Waals surface area contributed by atoms with E-state index in [0.717, 1.165) is 17.7 Å². The Bertz CT molecular complexity index is 258. The Balaban J connectivity index is 2.69. The standard InChI is InChI=1S/C10H13BrO/c1-8-3-4-10(7-9(8)2)12-6-5-11/h3-4,7H,5-6H2,1-2H3. The first-order chi connectivity index (χ1) is 5.74. The third-order valence-corrected chi connectivity index (χ3v) is 2.15. The molecule has 0 radical (unpaired) electrons. The van der Waals surface area contributed by atoms with Crippen LogP contribution >= 0.6 is 15.9 Å². The van der Waals surface area contributed by atoms with Crippen LogP contribution in [0.3, 0.4) is 0 Å². The summed E-state index contributed by atoms with van der Waals surface area (Å²) in [6, 6.07) is 6.15. The molecule has 0 fully saturated rings. The number of ether oxygens (including phenoxy) is 1. The van der Waals surface area contributed by atoms with Crippen LogP contribution < -0.4 is 4.74 Å². The molecule has 66 valence electrons. The van der Waals surface area contributed by atoms with Gasteiger partial charge >= 0.3 is 0 Å². The molecule has 0 aliphatic heterocycles. The number of benzene rings is 1. The SMILES string of the molecule is Cc1ccc(OCCBr)cc1C. The Morgan fingerprint density at radius 2 is 2.00 bits per heavy atom. The number of hydrogen-bond donors (Lipinski definition) is 0. The molecule has 0 N–H and O–H groups in total. The fraction of sp³-hybridized carbons (Fsp3) is 0.400. The van der Waals surface area contributed by atoms with Crippen LogP contribution in [0.5, 0.6) is 5.75 Å². The Hall–Kier alpha value is -0.500. The van der Waals surface area contributed by atoms with Crippen molar-refractivity contribution in [2.75, 3.05) is 11.9 Å². The van der Waals surface area contributed by atoms with Crippen molar-refractivity contribution in [1.82, 2.24) is 0 Å². The summed E-state index contributed by atoms with van der Waals surface area (Å²) in [5.74, 6) is 0.956. The molecule has 1 rings (SSSR count). The maximum absolute atomic E-state index is 5.44. The summed E-state index contributed by atoms with van der Waals surface area (Å²) < 4.78 is 5.44. The lowest BCUT2D eigenvalue weighted by atomic mass is 10.1. The molecule has 1 aromatic rings. The molecule has 12 heavy (non-hydrogen) atoms. The van der Waals surface area contributed by atoms with Crippen molar-refractivity contribution in [3.05, 3.63) is 29.3 Å². The summed E-state index contributed by atoms with van der Waals surface area (Å²) in [6.45, 7) is 4.92. The molecule has 0 aromatic heterocycles. The van der Waals surface area contributed by atoms with E-state index < -0.39 is 0 Å². The maximum Gasteiger partial charge on any atom is 0.119 e. The summed E-state index contributed by atoms with van der Waals surface area (Å²) in [6.07, 6.45) is 0. The van der Waals surface area contributed by atoms with Crippen molar-refractivity contribution in [3.8, 4) is 5.75 Å². The highest BCUT2D eigenvalue weighted by Crippen LogP contribution is 2.16. The van der Waals surface area contributed by atoms with Crippen molar-refractivity contribution in [3.63, 3.8) is 0 Å². The van der Waals surface area contributed by atoms with E-state index in [4.69, 9.17) is 4.74 Å². The number of halogens is 1. The second-order valence-corrected chi connectivity index (χ2v) is 3.58. The Labute approximate surface area is 81.9 Å². The molecule has 0 unspecified atom stereocenters. The van der Waals surface area contributed by atoms with Gasteiger partial charge in [-0.05, 0) is 37.1 Å². The number of alkyl halides is 1. The van der Waals surface area contributed by atoms with E-state index in [0.29, 0.717) is 0 Å². The molecule has 0 saturated heterocycles. The highest BCUT2D eigenvalue weighted by Gasteiger charge is 1.95. The predicted molar refractivity (Wildman–Crippen MR) is 55.2 cm³/mol. The van der Waals surface area contributed by atoms with E-state index in [2.05, 4.69) is 41.9 Å². The quantitative estimate of drug-likeness (QED) is 0.723. The normalized spacial score (nSPS) is 9.92. The second kappa shape index (κ2) is 4.51. The average Bonchev–Trinajstić information content (AvgIpc) is 2.07. The topological polar surface area (TPSA) is 9.23 Å². The molecule has 0 spiro atoms. The van der Waals surface area contributed by atoms with Gasteiger partial charge in [0.15, 0.2) is 0 Å². The highest BCUT2D eigenvalue weighted by atomic mass is 79.9. The van der Waals surface area contributed by atoms with Crippen LogP contribution in [0.15, 0.2) is 18.2 Å². The molecule has 0 atom stereocenters. The largest absolute Gasteiger partial charge is 0.493 e. The van der Waals surface area contributed by atoms with Gasteiger partial charge in [0.1, 0.15) is 5.75 Å². The van der Waals surface area contributed by atoms with Crippen LogP contribution in [0.4, 0.5) is 0 Å². The zero-order valence-corrected chi connectivity index (χ0v) is 9.02. The predicted octanol–water partition coefficient (Wildman–Crippen LogP) is 3.08. The first-order valence-corrected chi connectivity index (χ1v) is 5.12. The first kappa shape index (κ1) is 9.59. The molecule has 0 bridgehead atoms.